The first-order chi connectivity index (χ1) is 10.2. The van der Waals surface area contributed by atoms with Crippen molar-refractivity contribution in [1.82, 2.24) is 29.5 Å². The molecule has 1 aliphatic heterocycles. The van der Waals surface area contributed by atoms with E-state index in [1.54, 1.807) is 23.3 Å². The third-order valence-corrected chi connectivity index (χ3v) is 3.97. The predicted octanol–water partition coefficient (Wildman–Crippen LogP) is 0.662. The van der Waals surface area contributed by atoms with Crippen LogP contribution >= 0.6 is 0 Å². The summed E-state index contributed by atoms with van der Waals surface area (Å²) in [5.74, 6) is 0.955. The van der Waals surface area contributed by atoms with Gasteiger partial charge in [0.2, 0.25) is 0 Å². The number of piperazine rings is 1. The van der Waals surface area contributed by atoms with Gasteiger partial charge in [0.1, 0.15) is 5.82 Å². The molecule has 3 heterocycles. The van der Waals surface area contributed by atoms with Crippen molar-refractivity contribution in [2.75, 3.05) is 26.2 Å². The van der Waals surface area contributed by atoms with Gasteiger partial charge in [-0.3, -0.25) is 14.4 Å². The zero-order chi connectivity index (χ0) is 14.8. The summed E-state index contributed by atoms with van der Waals surface area (Å²) in [6.07, 6.45) is 6.96. The molecule has 0 radical (unpaired) electrons. The molecule has 1 N–H and O–H groups in total. The Labute approximate surface area is 123 Å². The van der Waals surface area contributed by atoms with Crippen molar-refractivity contribution in [2.45, 2.75) is 13.0 Å². The van der Waals surface area contributed by atoms with Gasteiger partial charge in [-0.1, -0.05) is 6.92 Å². The molecule has 7 heteroatoms. The number of likely N-dealkylation sites (N-methyl/N-ethyl adjacent to an activating group) is 1. The highest BCUT2D eigenvalue weighted by molar-refractivity contribution is 5.93. The number of rotatable bonds is 3. The second-order valence-corrected chi connectivity index (χ2v) is 5.27. The molecular weight excluding hydrogens is 268 g/mol. The number of H-pyrrole nitrogens is 1. The Hall–Kier alpha value is -2.15. The van der Waals surface area contributed by atoms with Crippen LogP contribution in [0.2, 0.25) is 0 Å². The minimum absolute atomic E-state index is 0.0374. The monoisotopic (exact) mass is 288 g/mol. The van der Waals surface area contributed by atoms with E-state index in [2.05, 4.69) is 26.9 Å². The molecule has 0 aliphatic carbocycles. The average Bonchev–Trinajstić information content (AvgIpc) is 3.17. The average molecular weight is 288 g/mol. The molecule has 1 amide bonds. The van der Waals surface area contributed by atoms with Crippen LogP contribution in [0.4, 0.5) is 0 Å². The lowest BCUT2D eigenvalue weighted by atomic mass is 10.1. The number of aromatic nitrogens is 4. The van der Waals surface area contributed by atoms with Crippen LogP contribution in [0.15, 0.2) is 24.8 Å². The van der Waals surface area contributed by atoms with Crippen LogP contribution in [-0.4, -0.2) is 61.6 Å². The van der Waals surface area contributed by atoms with E-state index in [0.717, 1.165) is 25.5 Å². The first-order valence-corrected chi connectivity index (χ1v) is 7.20. The highest BCUT2D eigenvalue weighted by atomic mass is 16.2. The normalized spacial score (nSPS) is 19.9. The Morgan fingerprint density at radius 1 is 1.48 bits per heavy atom. The van der Waals surface area contributed by atoms with Gasteiger partial charge in [-0.25, -0.2) is 4.98 Å². The van der Waals surface area contributed by atoms with Crippen LogP contribution in [0, 0.1) is 0 Å². The molecule has 1 aliphatic rings. The Morgan fingerprint density at radius 2 is 2.33 bits per heavy atom. The fourth-order valence-electron chi connectivity index (χ4n) is 2.82. The van der Waals surface area contributed by atoms with Crippen molar-refractivity contribution < 1.29 is 4.79 Å². The van der Waals surface area contributed by atoms with Crippen LogP contribution in [0.5, 0.6) is 0 Å². The summed E-state index contributed by atoms with van der Waals surface area (Å²) in [6, 6.07) is 0.124. The minimum atomic E-state index is 0.0374. The van der Waals surface area contributed by atoms with Crippen LogP contribution in [0.3, 0.4) is 0 Å². The van der Waals surface area contributed by atoms with Crippen molar-refractivity contribution in [3.05, 3.63) is 36.2 Å². The Morgan fingerprint density at radius 3 is 2.95 bits per heavy atom. The van der Waals surface area contributed by atoms with Gasteiger partial charge in [0.25, 0.3) is 5.91 Å². The van der Waals surface area contributed by atoms with Crippen molar-refractivity contribution in [3.8, 4) is 0 Å². The molecule has 7 nitrogen and oxygen atoms in total. The minimum Gasteiger partial charge on any atom is -0.347 e. The lowest BCUT2D eigenvalue weighted by Crippen LogP contribution is -2.50. The summed E-state index contributed by atoms with van der Waals surface area (Å²) < 4.78 is 1.65. The summed E-state index contributed by atoms with van der Waals surface area (Å²) >= 11 is 0. The van der Waals surface area contributed by atoms with E-state index < -0.39 is 0 Å². The van der Waals surface area contributed by atoms with Gasteiger partial charge in [0, 0.05) is 45.3 Å². The fraction of sp³-hybridized carbons (Fsp3) is 0.500. The first-order valence-electron chi connectivity index (χ1n) is 7.20. The van der Waals surface area contributed by atoms with Crippen LogP contribution in [0.25, 0.3) is 0 Å². The number of aryl methyl sites for hydroxylation is 1. The van der Waals surface area contributed by atoms with Crippen molar-refractivity contribution in [2.24, 2.45) is 7.05 Å². The van der Waals surface area contributed by atoms with Crippen LogP contribution < -0.4 is 0 Å². The number of carbonyl (C=O) groups excluding carboxylic acids is 1. The standard InChI is InChI=1S/C14H20N6O/c1-3-19-6-7-20(10-12(19)13-15-4-5-16-13)14(21)11-8-17-18(2)9-11/h4-5,8-9,12H,3,6-7,10H2,1-2H3,(H,15,16)/t12-/m0/s1. The van der Waals surface area contributed by atoms with E-state index in [1.807, 2.05) is 18.1 Å². The number of amides is 1. The summed E-state index contributed by atoms with van der Waals surface area (Å²) in [4.78, 5) is 24.3. The van der Waals surface area contributed by atoms with Crippen LogP contribution in [-0.2, 0) is 7.05 Å². The lowest BCUT2D eigenvalue weighted by molar-refractivity contribution is 0.0480. The molecule has 0 unspecified atom stereocenters. The van der Waals surface area contributed by atoms with Gasteiger partial charge in [-0.05, 0) is 6.54 Å². The molecule has 21 heavy (non-hydrogen) atoms. The largest absolute Gasteiger partial charge is 0.347 e. The summed E-state index contributed by atoms with van der Waals surface area (Å²) in [7, 11) is 1.82. The Bertz CT molecular complexity index is 605. The van der Waals surface area contributed by atoms with Gasteiger partial charge in [-0.2, -0.15) is 5.10 Å². The highest BCUT2D eigenvalue weighted by Crippen LogP contribution is 2.23. The molecule has 0 aromatic carbocycles. The Balaban J connectivity index is 1.78. The van der Waals surface area contributed by atoms with E-state index in [9.17, 15) is 4.79 Å². The fourth-order valence-corrected chi connectivity index (χ4v) is 2.82. The molecular formula is C14H20N6O. The smallest absolute Gasteiger partial charge is 0.257 e. The predicted molar refractivity (Wildman–Crippen MR) is 77.7 cm³/mol. The number of imidazole rings is 1. The van der Waals surface area contributed by atoms with Gasteiger partial charge in [0.15, 0.2) is 0 Å². The topological polar surface area (TPSA) is 70.0 Å². The maximum Gasteiger partial charge on any atom is 0.257 e. The molecule has 2 aromatic rings. The molecule has 3 rings (SSSR count). The third-order valence-electron chi connectivity index (χ3n) is 3.97. The quantitative estimate of drug-likeness (QED) is 0.901. The van der Waals surface area contributed by atoms with Gasteiger partial charge < -0.3 is 9.88 Å². The molecule has 112 valence electrons. The zero-order valence-electron chi connectivity index (χ0n) is 12.4. The summed E-state index contributed by atoms with van der Waals surface area (Å²) in [5.41, 5.74) is 0.639. The highest BCUT2D eigenvalue weighted by Gasteiger charge is 2.31. The van der Waals surface area contributed by atoms with Crippen molar-refractivity contribution in [3.63, 3.8) is 0 Å². The van der Waals surface area contributed by atoms with E-state index in [4.69, 9.17) is 0 Å². The van der Waals surface area contributed by atoms with E-state index in [-0.39, 0.29) is 11.9 Å². The number of aromatic amines is 1. The van der Waals surface area contributed by atoms with Gasteiger partial charge >= 0.3 is 0 Å². The number of carbonyl (C=O) groups is 1. The second-order valence-electron chi connectivity index (χ2n) is 5.27. The number of nitrogens with one attached hydrogen (secondary N) is 1. The van der Waals surface area contributed by atoms with Crippen molar-refractivity contribution >= 4 is 5.91 Å². The van der Waals surface area contributed by atoms with Crippen LogP contribution in [0.1, 0.15) is 29.1 Å². The van der Waals surface area contributed by atoms with Gasteiger partial charge in [0.05, 0.1) is 17.8 Å². The number of hydrogen-bond acceptors (Lipinski definition) is 4. The maximum absolute atomic E-state index is 12.5. The summed E-state index contributed by atoms with van der Waals surface area (Å²) in [5, 5.41) is 4.07. The van der Waals surface area contributed by atoms with E-state index in [1.165, 1.54) is 0 Å². The Kier molecular flexibility index (Phi) is 3.74. The molecule has 1 atom stereocenters. The molecule has 0 spiro atoms. The molecule has 0 saturated carbocycles. The number of nitrogens with zero attached hydrogens (tertiary/aromatic N) is 5. The number of hydrogen-bond donors (Lipinski definition) is 1. The first kappa shape index (κ1) is 13.8. The second kappa shape index (κ2) is 5.69. The summed E-state index contributed by atoms with van der Waals surface area (Å²) in [6.45, 7) is 5.32. The van der Waals surface area contributed by atoms with Gasteiger partial charge in [-0.15, -0.1) is 0 Å². The molecule has 2 aromatic heterocycles. The third kappa shape index (κ3) is 2.69. The zero-order valence-corrected chi connectivity index (χ0v) is 12.4. The van der Waals surface area contributed by atoms with E-state index >= 15 is 0 Å². The molecule has 1 fully saturated rings. The maximum atomic E-state index is 12.5. The van der Waals surface area contributed by atoms with Crippen molar-refractivity contribution in [1.29, 1.82) is 0 Å². The van der Waals surface area contributed by atoms with E-state index in [0.29, 0.717) is 12.1 Å². The SMILES string of the molecule is CCN1CCN(C(=O)c2cnn(C)c2)C[C@H]1c1ncc[nH]1. The molecule has 1 saturated heterocycles. The molecule has 0 bridgehead atoms. The lowest BCUT2D eigenvalue weighted by Gasteiger charge is -2.39.